The van der Waals surface area contributed by atoms with E-state index in [0.29, 0.717) is 39.2 Å². The van der Waals surface area contributed by atoms with Crippen molar-refractivity contribution in [2.75, 3.05) is 12.4 Å². The van der Waals surface area contributed by atoms with Crippen LogP contribution in [-0.4, -0.2) is 26.0 Å². The summed E-state index contributed by atoms with van der Waals surface area (Å²) in [6.07, 6.45) is 0.449. The van der Waals surface area contributed by atoms with E-state index in [2.05, 4.69) is 15.5 Å². The molecular weight excluding hydrogens is 576 g/mol. The average Bonchev–Trinajstić information content (AvgIpc) is 2.88. The van der Waals surface area contributed by atoms with Crippen LogP contribution < -0.4 is 44.7 Å². The number of anilines is 1. The number of rotatable bonds is 7. The van der Waals surface area contributed by atoms with Gasteiger partial charge in [-0.2, -0.15) is 13.5 Å². The van der Waals surface area contributed by atoms with Gasteiger partial charge in [-0.15, -0.1) is 5.11 Å². The van der Waals surface area contributed by atoms with Crippen LogP contribution in [0.5, 0.6) is 11.5 Å². The fourth-order valence-corrected chi connectivity index (χ4v) is 4.95. The topological polar surface area (TPSA) is 140 Å². The van der Waals surface area contributed by atoms with Gasteiger partial charge in [0.15, 0.2) is 0 Å². The molecule has 0 fully saturated rings. The van der Waals surface area contributed by atoms with E-state index in [1.54, 1.807) is 37.3 Å². The monoisotopic (exact) mass is 595 g/mol. The van der Waals surface area contributed by atoms with Crippen LogP contribution in [0.2, 0.25) is 10.0 Å². The molecule has 0 atom stereocenters. The van der Waals surface area contributed by atoms with Crippen molar-refractivity contribution in [1.82, 2.24) is 0 Å². The molecule has 4 aromatic rings. The maximum atomic E-state index is 13.4. The van der Waals surface area contributed by atoms with Gasteiger partial charge in [-0.25, -0.2) is 0 Å². The van der Waals surface area contributed by atoms with Crippen molar-refractivity contribution in [3.05, 3.63) is 81.8 Å². The van der Waals surface area contributed by atoms with Gasteiger partial charge in [-0.05, 0) is 47.7 Å². The standard InChI is InChI=1S/C26H21Cl2N3O6S.Na/c1-3-14-10-19(28)24(22(11-14)38(34,35)36)31-30-23-17-7-5-4-6-15(17)12-18(25(23)32)26(33)29-20-9-8-16(27)13-21(20)37-2;/h4-13,32H,3H2,1-2H3,(H,29,33)(H,34,35,36);/q;+1/p-1. The minimum Gasteiger partial charge on any atom is -0.870 e. The number of azo groups is 1. The first kappa shape index (κ1) is 30.8. The Kier molecular flexibility index (Phi) is 10.0. The number of aryl methyl sites for hydroxylation is 1. The van der Waals surface area contributed by atoms with Gasteiger partial charge in [0, 0.05) is 22.0 Å². The van der Waals surface area contributed by atoms with Crippen LogP contribution in [0, 0.1) is 0 Å². The second-order valence-electron chi connectivity index (χ2n) is 8.07. The molecule has 4 rings (SSSR count). The maximum Gasteiger partial charge on any atom is 1.00 e. The van der Waals surface area contributed by atoms with Gasteiger partial charge in [-0.1, -0.05) is 60.1 Å². The molecule has 1 amide bonds. The number of halogens is 2. The smallest absolute Gasteiger partial charge is 0.870 e. The molecule has 4 aromatic carbocycles. The van der Waals surface area contributed by atoms with Gasteiger partial charge in [0.25, 0.3) is 16.0 Å². The summed E-state index contributed by atoms with van der Waals surface area (Å²) in [5.74, 6) is -1.20. The molecule has 196 valence electrons. The normalized spacial score (nSPS) is 11.4. The zero-order valence-electron chi connectivity index (χ0n) is 21.0. The number of fused-ring (bicyclic) bond motifs is 1. The Bertz CT molecular complexity index is 1710. The molecule has 0 aliphatic rings. The number of amides is 1. The fourth-order valence-electron chi connectivity index (χ4n) is 3.76. The molecule has 13 heteroatoms. The average molecular weight is 596 g/mol. The van der Waals surface area contributed by atoms with E-state index in [1.807, 2.05) is 0 Å². The number of nitrogens with zero attached hydrogens (tertiary/aromatic N) is 2. The first-order chi connectivity index (χ1) is 18.0. The van der Waals surface area contributed by atoms with E-state index in [9.17, 15) is 22.9 Å². The third kappa shape index (κ3) is 6.72. The molecular formula is C26H20Cl2N3NaO6S. The molecule has 0 aliphatic carbocycles. The van der Waals surface area contributed by atoms with Crippen LogP contribution >= 0.6 is 23.2 Å². The Hall–Kier alpha value is -2.70. The molecule has 0 aliphatic heterocycles. The fraction of sp³-hybridized carbons (Fsp3) is 0.115. The van der Waals surface area contributed by atoms with Crippen LogP contribution in [-0.2, 0) is 16.5 Å². The van der Waals surface area contributed by atoms with Crippen molar-refractivity contribution >= 4 is 67.1 Å². The first-order valence-corrected chi connectivity index (χ1v) is 13.3. The van der Waals surface area contributed by atoms with Gasteiger partial charge < -0.3 is 15.2 Å². The summed E-state index contributed by atoms with van der Waals surface area (Å²) >= 11 is 12.2. The van der Waals surface area contributed by atoms with Gasteiger partial charge >= 0.3 is 29.6 Å². The number of carbonyl (C=O) groups excluding carboxylic acids is 1. The van der Waals surface area contributed by atoms with E-state index in [1.165, 1.54) is 37.4 Å². The molecule has 0 unspecified atom stereocenters. The molecule has 0 aromatic heterocycles. The summed E-state index contributed by atoms with van der Waals surface area (Å²) in [6, 6.07) is 15.4. The summed E-state index contributed by atoms with van der Waals surface area (Å²) in [5.41, 5.74) is 0.0481. The molecule has 39 heavy (non-hydrogen) atoms. The van der Waals surface area contributed by atoms with E-state index < -0.39 is 26.7 Å². The molecule has 0 radical (unpaired) electrons. The number of methoxy groups -OCH3 is 1. The van der Waals surface area contributed by atoms with Crippen molar-refractivity contribution < 1.29 is 57.2 Å². The first-order valence-electron chi connectivity index (χ1n) is 11.1. The van der Waals surface area contributed by atoms with Gasteiger partial charge in [-0.3, -0.25) is 9.35 Å². The third-order valence-corrected chi connectivity index (χ3v) is 7.05. The molecule has 0 bridgehead atoms. The van der Waals surface area contributed by atoms with Gasteiger partial charge in [0.1, 0.15) is 16.3 Å². The van der Waals surface area contributed by atoms with Crippen LogP contribution in [0.25, 0.3) is 10.8 Å². The van der Waals surface area contributed by atoms with E-state index >= 15 is 0 Å². The summed E-state index contributed by atoms with van der Waals surface area (Å²) in [6.45, 7) is 1.78. The molecule has 0 saturated carbocycles. The Labute approximate surface area is 256 Å². The second kappa shape index (κ2) is 12.6. The van der Waals surface area contributed by atoms with Crippen molar-refractivity contribution in [1.29, 1.82) is 0 Å². The SMILES string of the molecule is CCc1cc(Cl)c(N=Nc2c([O-])c(C(=O)Nc3ccc(Cl)cc3OC)cc3ccccc23)c(S(=O)(=O)O)c1.[Na+]. The van der Waals surface area contributed by atoms with E-state index in [-0.39, 0.29) is 51.5 Å². The minimum absolute atomic E-state index is 0. The van der Waals surface area contributed by atoms with Crippen molar-refractivity contribution in [2.24, 2.45) is 10.2 Å². The van der Waals surface area contributed by atoms with Crippen LogP contribution in [0.1, 0.15) is 22.8 Å². The zero-order chi connectivity index (χ0) is 27.6. The zero-order valence-corrected chi connectivity index (χ0v) is 25.4. The largest absolute Gasteiger partial charge is 1.00 e. The number of hydrogen-bond donors (Lipinski definition) is 2. The van der Waals surface area contributed by atoms with Crippen LogP contribution in [0.4, 0.5) is 17.1 Å². The Morgan fingerprint density at radius 1 is 1.05 bits per heavy atom. The van der Waals surface area contributed by atoms with Gasteiger partial charge in [0.05, 0.1) is 23.5 Å². The Balaban J connectivity index is 0.00000420. The van der Waals surface area contributed by atoms with Crippen LogP contribution in [0.3, 0.4) is 0 Å². The Morgan fingerprint density at radius 3 is 2.41 bits per heavy atom. The number of hydrogen-bond acceptors (Lipinski definition) is 7. The number of nitrogens with one attached hydrogen (secondary N) is 1. The molecule has 2 N–H and O–H groups in total. The predicted molar refractivity (Wildman–Crippen MR) is 144 cm³/mol. The number of carbonyl (C=O) groups is 1. The molecule has 9 nitrogen and oxygen atoms in total. The predicted octanol–water partition coefficient (Wildman–Crippen LogP) is 3.71. The summed E-state index contributed by atoms with van der Waals surface area (Å²) < 4.78 is 39.0. The van der Waals surface area contributed by atoms with Gasteiger partial charge in [0.2, 0.25) is 0 Å². The van der Waals surface area contributed by atoms with Crippen molar-refractivity contribution in [3.63, 3.8) is 0 Å². The second-order valence-corrected chi connectivity index (χ2v) is 10.3. The van der Waals surface area contributed by atoms with E-state index in [0.717, 1.165) is 0 Å². The quantitative estimate of drug-likeness (QED) is 0.189. The summed E-state index contributed by atoms with van der Waals surface area (Å²) in [4.78, 5) is 12.6. The molecule has 0 spiro atoms. The molecule has 0 heterocycles. The van der Waals surface area contributed by atoms with Crippen molar-refractivity contribution in [2.45, 2.75) is 18.2 Å². The van der Waals surface area contributed by atoms with Crippen molar-refractivity contribution in [3.8, 4) is 11.5 Å². The maximum absolute atomic E-state index is 13.4. The third-order valence-electron chi connectivity index (χ3n) is 5.66. The summed E-state index contributed by atoms with van der Waals surface area (Å²) in [5, 5.41) is 25.2. The Morgan fingerprint density at radius 2 is 1.74 bits per heavy atom. The minimum atomic E-state index is -4.71. The van der Waals surface area contributed by atoms with Crippen LogP contribution in [0.15, 0.2) is 75.8 Å². The number of benzene rings is 4. The summed E-state index contributed by atoms with van der Waals surface area (Å²) in [7, 11) is -3.30. The van der Waals surface area contributed by atoms with E-state index in [4.69, 9.17) is 27.9 Å². The molecule has 0 saturated heterocycles. The number of ether oxygens (including phenoxy) is 1.